The highest BCUT2D eigenvalue weighted by Gasteiger charge is 2.29. The number of amides is 1. The first-order chi connectivity index (χ1) is 12.3. The van der Waals surface area contributed by atoms with Crippen molar-refractivity contribution in [3.05, 3.63) is 83.1 Å². The normalized spacial score (nSPS) is 17.2. The summed E-state index contributed by atoms with van der Waals surface area (Å²) in [4.78, 5) is 20.0. The molecule has 2 aromatic carbocycles. The van der Waals surface area contributed by atoms with Crippen LogP contribution in [0.25, 0.3) is 0 Å². The lowest BCUT2D eigenvalue weighted by Crippen LogP contribution is -2.28. The zero-order valence-electron chi connectivity index (χ0n) is 13.4. The van der Waals surface area contributed by atoms with Crippen LogP contribution in [0.2, 0.25) is 0 Å². The van der Waals surface area contributed by atoms with Crippen LogP contribution < -0.4 is 4.90 Å². The molecule has 3 nitrogen and oxygen atoms in total. The van der Waals surface area contributed by atoms with Gasteiger partial charge in [-0.15, -0.1) is 11.3 Å². The molecule has 1 aromatic heterocycles. The monoisotopic (exact) mass is 364 g/mol. The van der Waals surface area contributed by atoms with Gasteiger partial charge in [0.05, 0.1) is 5.25 Å². The lowest BCUT2D eigenvalue weighted by molar-refractivity contribution is -0.117. The Morgan fingerprint density at radius 2 is 1.52 bits per heavy atom. The lowest BCUT2D eigenvalue weighted by atomic mass is 10.2. The van der Waals surface area contributed by atoms with Gasteiger partial charge in [0.1, 0.15) is 0 Å². The van der Waals surface area contributed by atoms with E-state index in [0.29, 0.717) is 6.42 Å². The maximum Gasteiger partial charge on any atom is 0.249 e. The standard InChI is InChI=1S/C20H16N2OS2/c23-19-14-18(17-12-7-13-24-17)25-20(21-19)22(15-8-3-1-4-9-15)16-10-5-2-6-11-16/h1-13,18H,14H2/t18-/m0/s1. The Hall–Kier alpha value is -2.37. The molecule has 0 N–H and O–H groups in total. The third-order valence-corrected chi connectivity index (χ3v) is 6.23. The fraction of sp³-hybridized carbons (Fsp3) is 0.100. The van der Waals surface area contributed by atoms with Crippen molar-refractivity contribution in [2.75, 3.05) is 4.90 Å². The molecule has 0 unspecified atom stereocenters. The smallest absolute Gasteiger partial charge is 0.249 e. The van der Waals surface area contributed by atoms with Crippen LogP contribution in [-0.2, 0) is 4.79 Å². The number of anilines is 2. The largest absolute Gasteiger partial charge is 0.289 e. The first kappa shape index (κ1) is 16.1. The summed E-state index contributed by atoms with van der Waals surface area (Å²) in [7, 11) is 0. The number of rotatable bonds is 3. The molecule has 3 aromatic rings. The van der Waals surface area contributed by atoms with Crippen LogP contribution in [0, 0.1) is 0 Å². The van der Waals surface area contributed by atoms with Crippen LogP contribution >= 0.6 is 23.1 Å². The van der Waals surface area contributed by atoms with Crippen LogP contribution in [0.1, 0.15) is 16.5 Å². The van der Waals surface area contributed by atoms with E-state index in [1.165, 1.54) is 4.88 Å². The Bertz CT molecular complexity index is 837. The average molecular weight is 364 g/mol. The lowest BCUT2D eigenvalue weighted by Gasteiger charge is -2.30. The SMILES string of the molecule is O=C1C[C@@H](c2cccs2)SC(N(c2ccccc2)c2ccccc2)=N1. The Morgan fingerprint density at radius 3 is 2.08 bits per heavy atom. The van der Waals surface area contributed by atoms with Crippen molar-refractivity contribution in [1.82, 2.24) is 0 Å². The van der Waals surface area contributed by atoms with Gasteiger partial charge in [-0.25, -0.2) is 0 Å². The molecular weight excluding hydrogens is 348 g/mol. The summed E-state index contributed by atoms with van der Waals surface area (Å²) in [6, 6.07) is 24.2. The third-order valence-electron chi connectivity index (χ3n) is 3.91. The van der Waals surface area contributed by atoms with Crippen molar-refractivity contribution < 1.29 is 4.79 Å². The van der Waals surface area contributed by atoms with Crippen LogP contribution in [-0.4, -0.2) is 11.1 Å². The maximum absolute atomic E-state index is 12.3. The van der Waals surface area contributed by atoms with Crippen LogP contribution in [0.15, 0.2) is 83.2 Å². The van der Waals surface area contributed by atoms with Gasteiger partial charge in [0.15, 0.2) is 5.17 Å². The second-order valence-electron chi connectivity index (χ2n) is 5.62. The minimum Gasteiger partial charge on any atom is -0.289 e. The third kappa shape index (κ3) is 3.52. The van der Waals surface area contributed by atoms with E-state index in [0.717, 1.165) is 16.5 Å². The van der Waals surface area contributed by atoms with E-state index >= 15 is 0 Å². The van der Waals surface area contributed by atoms with Crippen molar-refractivity contribution in [1.29, 1.82) is 0 Å². The molecule has 0 saturated carbocycles. The molecule has 4 rings (SSSR count). The Morgan fingerprint density at radius 1 is 0.880 bits per heavy atom. The number of aliphatic imine (C=N–C) groups is 1. The van der Waals surface area contributed by atoms with Gasteiger partial charge in [-0.3, -0.25) is 9.69 Å². The fourth-order valence-electron chi connectivity index (χ4n) is 2.77. The molecule has 0 spiro atoms. The van der Waals surface area contributed by atoms with E-state index < -0.39 is 0 Å². The average Bonchev–Trinajstić information content (AvgIpc) is 3.18. The number of thiophene rings is 1. The van der Waals surface area contributed by atoms with Gasteiger partial charge in [0.2, 0.25) is 5.91 Å². The molecule has 25 heavy (non-hydrogen) atoms. The summed E-state index contributed by atoms with van der Waals surface area (Å²) in [5.74, 6) is -0.0657. The van der Waals surface area contributed by atoms with Crippen molar-refractivity contribution in [2.45, 2.75) is 11.7 Å². The van der Waals surface area contributed by atoms with Crippen LogP contribution in [0.4, 0.5) is 11.4 Å². The van der Waals surface area contributed by atoms with Gasteiger partial charge < -0.3 is 0 Å². The van der Waals surface area contributed by atoms with Crippen molar-refractivity contribution in [3.63, 3.8) is 0 Å². The summed E-state index contributed by atoms with van der Waals surface area (Å²) in [5.41, 5.74) is 2.00. The molecule has 0 fully saturated rings. The number of carbonyl (C=O) groups is 1. The number of amidine groups is 1. The molecule has 124 valence electrons. The van der Waals surface area contributed by atoms with Crippen LogP contribution in [0.5, 0.6) is 0 Å². The Kier molecular flexibility index (Phi) is 4.68. The Balaban J connectivity index is 1.75. The van der Waals surface area contributed by atoms with Gasteiger partial charge in [0.25, 0.3) is 0 Å². The van der Waals surface area contributed by atoms with E-state index in [4.69, 9.17) is 0 Å². The number of thioether (sulfide) groups is 1. The summed E-state index contributed by atoms with van der Waals surface area (Å²) < 4.78 is 0. The highest BCUT2D eigenvalue weighted by atomic mass is 32.2. The number of nitrogens with zero attached hydrogens (tertiary/aromatic N) is 2. The van der Waals surface area contributed by atoms with Crippen LogP contribution in [0.3, 0.4) is 0 Å². The first-order valence-electron chi connectivity index (χ1n) is 8.03. The molecule has 1 aliphatic heterocycles. The molecule has 0 aliphatic carbocycles. The van der Waals surface area contributed by atoms with Gasteiger partial charge in [-0.05, 0) is 35.7 Å². The number of carbonyl (C=O) groups excluding carboxylic acids is 1. The topological polar surface area (TPSA) is 32.7 Å². The predicted octanol–water partition coefficient (Wildman–Crippen LogP) is 5.65. The molecule has 2 heterocycles. The zero-order valence-corrected chi connectivity index (χ0v) is 15.0. The first-order valence-corrected chi connectivity index (χ1v) is 9.79. The van der Waals surface area contributed by atoms with Gasteiger partial charge >= 0.3 is 0 Å². The summed E-state index contributed by atoms with van der Waals surface area (Å²) in [6.45, 7) is 0. The summed E-state index contributed by atoms with van der Waals surface area (Å²) in [6.07, 6.45) is 0.450. The second-order valence-corrected chi connectivity index (χ2v) is 7.77. The molecule has 1 aliphatic rings. The van der Waals surface area contributed by atoms with E-state index in [1.807, 2.05) is 66.7 Å². The number of para-hydroxylation sites is 2. The molecule has 1 atom stereocenters. The van der Waals surface area contributed by atoms with Crippen molar-refractivity contribution in [3.8, 4) is 0 Å². The number of hydrogen-bond donors (Lipinski definition) is 0. The van der Waals surface area contributed by atoms with Gasteiger partial charge in [-0.2, -0.15) is 4.99 Å². The minimum atomic E-state index is -0.0657. The molecule has 0 radical (unpaired) electrons. The summed E-state index contributed by atoms with van der Waals surface area (Å²) >= 11 is 3.35. The van der Waals surface area contributed by atoms with E-state index in [9.17, 15) is 4.79 Å². The fourth-order valence-corrected chi connectivity index (χ4v) is 4.93. The minimum absolute atomic E-state index is 0.0657. The number of benzene rings is 2. The van der Waals surface area contributed by atoms with E-state index in [1.54, 1.807) is 23.1 Å². The van der Waals surface area contributed by atoms with Crippen molar-refractivity contribution >= 4 is 45.5 Å². The molecule has 5 heteroatoms. The highest BCUT2D eigenvalue weighted by Crippen LogP contribution is 2.42. The quantitative estimate of drug-likeness (QED) is 0.602. The van der Waals surface area contributed by atoms with Gasteiger partial charge in [-0.1, -0.05) is 54.2 Å². The predicted molar refractivity (Wildman–Crippen MR) is 107 cm³/mol. The van der Waals surface area contributed by atoms with E-state index in [2.05, 4.69) is 21.3 Å². The molecular formula is C20H16N2OS2. The second kappa shape index (κ2) is 7.25. The van der Waals surface area contributed by atoms with E-state index in [-0.39, 0.29) is 11.2 Å². The molecule has 0 bridgehead atoms. The summed E-state index contributed by atoms with van der Waals surface area (Å²) in [5, 5.41) is 2.90. The molecule has 0 saturated heterocycles. The Labute approximate surface area is 155 Å². The van der Waals surface area contributed by atoms with Crippen molar-refractivity contribution in [2.24, 2.45) is 4.99 Å². The van der Waals surface area contributed by atoms with Gasteiger partial charge in [0, 0.05) is 22.7 Å². The number of hydrogen-bond acceptors (Lipinski definition) is 4. The maximum atomic E-state index is 12.3. The molecule has 1 amide bonds. The highest BCUT2D eigenvalue weighted by molar-refractivity contribution is 8.14. The zero-order chi connectivity index (χ0) is 17.1.